The molecule has 0 bridgehead atoms. The second-order valence-electron chi connectivity index (χ2n) is 7.92. The van der Waals surface area contributed by atoms with Crippen LogP contribution < -0.4 is 0 Å². The van der Waals surface area contributed by atoms with E-state index >= 15 is 0 Å². The molecule has 0 radical (unpaired) electrons. The number of rotatable bonds is 6. The topological polar surface area (TPSA) is 56.7 Å². The average molecular weight is 366 g/mol. The molecule has 0 aromatic carbocycles. The van der Waals surface area contributed by atoms with Crippen molar-refractivity contribution in [1.29, 1.82) is 0 Å². The van der Waals surface area contributed by atoms with Crippen molar-refractivity contribution in [2.24, 2.45) is 5.92 Å². The Morgan fingerprint density at radius 1 is 1.36 bits per heavy atom. The Hall–Kier alpha value is -0.980. The Balaban J connectivity index is 1.57. The molecule has 1 aromatic rings. The lowest BCUT2D eigenvalue weighted by atomic mass is 9.86. The average Bonchev–Trinajstić information content (AvgIpc) is 2.97. The molecule has 25 heavy (non-hydrogen) atoms. The number of nitrogens with zero attached hydrogens (tertiary/aromatic N) is 3. The van der Waals surface area contributed by atoms with Crippen LogP contribution in [0.1, 0.15) is 55.6 Å². The number of hydrogen-bond acceptors (Lipinski definition) is 5. The highest BCUT2D eigenvalue weighted by Gasteiger charge is 2.43. The Bertz CT molecular complexity index is 585. The first-order valence-electron chi connectivity index (χ1n) is 9.57. The molecule has 1 aliphatic carbocycles. The van der Waals surface area contributed by atoms with Crippen molar-refractivity contribution >= 4 is 17.2 Å². The molecule has 2 heterocycles. The summed E-state index contributed by atoms with van der Waals surface area (Å²) in [7, 11) is 1.96. The summed E-state index contributed by atoms with van der Waals surface area (Å²) in [6, 6.07) is 0. The summed E-state index contributed by atoms with van der Waals surface area (Å²) >= 11 is 1.64. The van der Waals surface area contributed by atoms with Gasteiger partial charge in [0.15, 0.2) is 5.60 Å². The van der Waals surface area contributed by atoms with E-state index in [1.54, 1.807) is 11.3 Å². The van der Waals surface area contributed by atoms with Crippen LogP contribution in [0.15, 0.2) is 5.38 Å². The Labute approximate surface area is 155 Å². The number of carbonyl (C=O) groups is 1. The molecular formula is C19H31N3O2S. The van der Waals surface area contributed by atoms with E-state index in [1.807, 2.05) is 29.2 Å². The molecule has 140 valence electrons. The summed E-state index contributed by atoms with van der Waals surface area (Å²) < 4.78 is 0. The van der Waals surface area contributed by atoms with Crippen LogP contribution in [0.2, 0.25) is 0 Å². The number of likely N-dealkylation sites (tertiary alicyclic amines) is 1. The maximum atomic E-state index is 12.9. The summed E-state index contributed by atoms with van der Waals surface area (Å²) in [5, 5.41) is 14.1. The van der Waals surface area contributed by atoms with E-state index in [4.69, 9.17) is 0 Å². The summed E-state index contributed by atoms with van der Waals surface area (Å²) in [6.45, 7) is 4.67. The number of hydrogen-bond donors (Lipinski definition) is 1. The van der Waals surface area contributed by atoms with Crippen LogP contribution in [0.25, 0.3) is 0 Å². The molecule has 1 aromatic heterocycles. The Morgan fingerprint density at radius 3 is 2.80 bits per heavy atom. The molecule has 0 unspecified atom stereocenters. The van der Waals surface area contributed by atoms with Crippen LogP contribution in [0.3, 0.4) is 0 Å². The predicted molar refractivity (Wildman–Crippen MR) is 101 cm³/mol. The van der Waals surface area contributed by atoms with Gasteiger partial charge in [0.05, 0.1) is 10.7 Å². The van der Waals surface area contributed by atoms with Gasteiger partial charge < -0.3 is 10.0 Å². The first-order chi connectivity index (χ1) is 12.0. The number of carbonyl (C=O) groups excluding carboxylic acids is 1. The van der Waals surface area contributed by atoms with Crippen molar-refractivity contribution < 1.29 is 9.90 Å². The van der Waals surface area contributed by atoms with Crippen LogP contribution in [-0.4, -0.2) is 58.1 Å². The maximum Gasteiger partial charge on any atom is 0.255 e. The highest BCUT2D eigenvalue weighted by Crippen LogP contribution is 2.29. The number of thiazole rings is 1. The maximum absolute atomic E-state index is 12.9. The van der Waals surface area contributed by atoms with Crippen molar-refractivity contribution in [2.45, 2.75) is 64.0 Å². The molecule has 2 fully saturated rings. The number of aliphatic hydroxyl groups is 1. The molecule has 1 saturated heterocycles. The lowest BCUT2D eigenvalue weighted by Crippen LogP contribution is -2.58. The first-order valence-corrected chi connectivity index (χ1v) is 10.5. The highest BCUT2D eigenvalue weighted by atomic mass is 32.1. The van der Waals surface area contributed by atoms with Gasteiger partial charge in [-0.05, 0) is 45.6 Å². The number of aryl methyl sites for hydroxylation is 1. The van der Waals surface area contributed by atoms with Gasteiger partial charge >= 0.3 is 0 Å². The van der Waals surface area contributed by atoms with Crippen molar-refractivity contribution in [3.05, 3.63) is 16.1 Å². The van der Waals surface area contributed by atoms with Crippen molar-refractivity contribution in [3.63, 3.8) is 0 Å². The number of piperidine rings is 1. The predicted octanol–water partition coefficient (Wildman–Crippen LogP) is 2.82. The fraction of sp³-hybridized carbons (Fsp3) is 0.789. The fourth-order valence-corrected chi connectivity index (χ4v) is 4.93. The Morgan fingerprint density at radius 2 is 2.12 bits per heavy atom. The SMILES string of the molecule is Cc1nc(CN(C)C[C@@]2(O)CCCN(CC3CCCCC3)C2=O)cs1. The zero-order valence-electron chi connectivity index (χ0n) is 15.5. The van der Waals surface area contributed by atoms with E-state index in [0.29, 0.717) is 25.4 Å². The number of aromatic nitrogens is 1. The normalized spacial score (nSPS) is 25.8. The molecular weight excluding hydrogens is 334 g/mol. The lowest BCUT2D eigenvalue weighted by molar-refractivity contribution is -0.160. The van der Waals surface area contributed by atoms with Gasteiger partial charge in [0.2, 0.25) is 0 Å². The highest BCUT2D eigenvalue weighted by molar-refractivity contribution is 7.09. The van der Waals surface area contributed by atoms with Gasteiger partial charge in [-0.1, -0.05) is 19.3 Å². The van der Waals surface area contributed by atoms with Gasteiger partial charge in [-0.25, -0.2) is 4.98 Å². The third kappa shape index (κ3) is 4.80. The number of likely N-dealkylation sites (N-methyl/N-ethyl adjacent to an activating group) is 1. The quantitative estimate of drug-likeness (QED) is 0.842. The number of amides is 1. The third-order valence-electron chi connectivity index (χ3n) is 5.54. The minimum absolute atomic E-state index is 0.0642. The molecule has 1 N–H and O–H groups in total. The zero-order chi connectivity index (χ0) is 17.9. The second kappa shape index (κ2) is 8.14. The molecule has 1 amide bonds. The van der Waals surface area contributed by atoms with E-state index in [1.165, 1.54) is 32.1 Å². The van der Waals surface area contributed by atoms with Gasteiger partial charge in [-0.3, -0.25) is 9.69 Å². The summed E-state index contributed by atoms with van der Waals surface area (Å²) in [5.41, 5.74) is -0.233. The molecule has 1 aliphatic heterocycles. The molecule has 3 rings (SSSR count). The van der Waals surface area contributed by atoms with Gasteiger partial charge in [-0.15, -0.1) is 11.3 Å². The van der Waals surface area contributed by atoms with E-state index in [9.17, 15) is 9.90 Å². The summed E-state index contributed by atoms with van der Waals surface area (Å²) in [6.07, 6.45) is 7.80. The molecule has 1 atom stereocenters. The minimum atomic E-state index is -1.24. The summed E-state index contributed by atoms with van der Waals surface area (Å²) in [5.74, 6) is 0.557. The van der Waals surface area contributed by atoms with E-state index in [2.05, 4.69) is 4.98 Å². The van der Waals surface area contributed by atoms with Gasteiger partial charge in [0.25, 0.3) is 5.91 Å². The third-order valence-corrected chi connectivity index (χ3v) is 6.36. The molecule has 5 nitrogen and oxygen atoms in total. The molecule has 0 spiro atoms. The van der Waals surface area contributed by atoms with Crippen molar-refractivity contribution in [3.8, 4) is 0 Å². The van der Waals surface area contributed by atoms with Crippen LogP contribution in [0.5, 0.6) is 0 Å². The fourth-order valence-electron chi connectivity index (χ4n) is 4.33. The van der Waals surface area contributed by atoms with E-state index < -0.39 is 5.60 Å². The van der Waals surface area contributed by atoms with Crippen molar-refractivity contribution in [1.82, 2.24) is 14.8 Å². The zero-order valence-corrected chi connectivity index (χ0v) is 16.4. The van der Waals surface area contributed by atoms with E-state index in [0.717, 1.165) is 30.2 Å². The summed E-state index contributed by atoms with van der Waals surface area (Å²) in [4.78, 5) is 21.4. The largest absolute Gasteiger partial charge is 0.379 e. The van der Waals surface area contributed by atoms with Crippen molar-refractivity contribution in [2.75, 3.05) is 26.7 Å². The van der Waals surface area contributed by atoms with Crippen LogP contribution in [-0.2, 0) is 11.3 Å². The second-order valence-corrected chi connectivity index (χ2v) is 8.98. The van der Waals surface area contributed by atoms with Crippen LogP contribution >= 0.6 is 11.3 Å². The van der Waals surface area contributed by atoms with Gasteiger partial charge in [-0.2, -0.15) is 0 Å². The van der Waals surface area contributed by atoms with Crippen LogP contribution in [0.4, 0.5) is 0 Å². The smallest absolute Gasteiger partial charge is 0.255 e. The molecule has 2 aliphatic rings. The van der Waals surface area contributed by atoms with E-state index in [-0.39, 0.29) is 5.91 Å². The standard InChI is InChI=1S/C19H31N3O2S/c1-15-20-17(13-25-15)12-21(2)14-19(24)9-6-10-22(18(19)23)11-16-7-4-3-5-8-16/h13,16,24H,3-12,14H2,1-2H3/t19-/m0/s1. The molecule has 6 heteroatoms. The molecule has 1 saturated carbocycles. The Kier molecular flexibility index (Phi) is 6.12. The first kappa shape index (κ1) is 18.8. The lowest BCUT2D eigenvalue weighted by Gasteiger charge is -2.41. The van der Waals surface area contributed by atoms with Gasteiger partial charge in [0.1, 0.15) is 0 Å². The van der Waals surface area contributed by atoms with Crippen LogP contribution in [0, 0.1) is 12.8 Å². The van der Waals surface area contributed by atoms with Gasteiger partial charge in [0, 0.05) is 31.6 Å². The minimum Gasteiger partial charge on any atom is -0.379 e. The monoisotopic (exact) mass is 365 g/mol.